The molecule has 1 fully saturated rings. The first-order valence-corrected chi connectivity index (χ1v) is 11.6. The van der Waals surface area contributed by atoms with Crippen LogP contribution in [0.1, 0.15) is 43.2 Å². The summed E-state index contributed by atoms with van der Waals surface area (Å²) in [4.78, 5) is 9.22. The van der Waals surface area contributed by atoms with E-state index in [4.69, 9.17) is 27.7 Å². The summed E-state index contributed by atoms with van der Waals surface area (Å²) in [5.74, 6) is 2.17. The van der Waals surface area contributed by atoms with E-state index in [1.54, 1.807) is 6.07 Å². The highest BCUT2D eigenvalue weighted by molar-refractivity contribution is 6.33. The van der Waals surface area contributed by atoms with Gasteiger partial charge in [-0.05, 0) is 69.7 Å². The maximum Gasteiger partial charge on any atom is 0.230 e. The Hall–Kier alpha value is -2.42. The second-order valence-electron chi connectivity index (χ2n) is 8.46. The van der Waals surface area contributed by atoms with E-state index < -0.39 is 0 Å². The van der Waals surface area contributed by atoms with Crippen molar-refractivity contribution < 1.29 is 4.52 Å². The normalized spacial score (nSPS) is 18.3. The van der Waals surface area contributed by atoms with E-state index in [2.05, 4.69) is 49.4 Å². The molecule has 0 unspecified atom stereocenters. The molecule has 2 aromatic heterocycles. The molecule has 0 radical (unpaired) electrons. The molecule has 1 saturated heterocycles. The fourth-order valence-electron chi connectivity index (χ4n) is 4.42. The number of nitrogens with one attached hydrogen (secondary N) is 1. The topological polar surface area (TPSA) is 83.2 Å². The van der Waals surface area contributed by atoms with Crippen molar-refractivity contribution in [2.24, 2.45) is 0 Å². The lowest BCUT2D eigenvalue weighted by atomic mass is 9.97. The molecule has 2 aliphatic rings. The first kappa shape index (κ1) is 21.4. The van der Waals surface area contributed by atoms with E-state index in [-0.39, 0.29) is 6.04 Å². The number of rotatable bonds is 4. The molecule has 4 heterocycles. The third kappa shape index (κ3) is 4.14. The molecule has 5 rings (SSSR count). The van der Waals surface area contributed by atoms with Crippen molar-refractivity contribution >= 4 is 34.7 Å². The minimum Gasteiger partial charge on any atom is -0.365 e. The fraction of sp³-hybridized carbons (Fsp3) is 0.455. The Kier molecular flexibility index (Phi) is 5.92. The van der Waals surface area contributed by atoms with Gasteiger partial charge in [0.05, 0.1) is 11.7 Å². The lowest BCUT2D eigenvalue weighted by molar-refractivity contribution is 0.227. The molecule has 1 aromatic carbocycles. The molecule has 2 aliphatic heterocycles. The predicted octanol–water partition coefficient (Wildman–Crippen LogP) is 4.64. The molecule has 0 bridgehead atoms. The second kappa shape index (κ2) is 8.84. The molecule has 0 spiro atoms. The molecule has 1 atom stereocenters. The summed E-state index contributed by atoms with van der Waals surface area (Å²) in [7, 11) is 2.13. The van der Waals surface area contributed by atoms with Crippen molar-refractivity contribution in [3.8, 4) is 11.5 Å². The van der Waals surface area contributed by atoms with Gasteiger partial charge in [-0.25, -0.2) is 0 Å². The van der Waals surface area contributed by atoms with Crippen molar-refractivity contribution in [2.75, 3.05) is 43.4 Å². The molecule has 10 heteroatoms. The van der Waals surface area contributed by atoms with E-state index >= 15 is 0 Å². The standard InChI is InChI=1S/C22H25Cl2N7O/c1-13(16-11-15(23)3-4-17(16)24)31-10-7-25-21-19(31)12-18(27-28-21)20-26-22(32-29-20)14-5-8-30(2)9-6-14/h3-4,11-14H,5-10H2,1-2H3,(H,25,28)/t13-/m1/s1. The number of piperidine rings is 1. The number of hydrogen-bond donors (Lipinski definition) is 1. The van der Waals surface area contributed by atoms with Crippen LogP contribution in [-0.2, 0) is 0 Å². The largest absolute Gasteiger partial charge is 0.365 e. The number of benzene rings is 1. The van der Waals surface area contributed by atoms with Gasteiger partial charge in [0, 0.05) is 29.1 Å². The zero-order chi connectivity index (χ0) is 22.2. The van der Waals surface area contributed by atoms with Crippen LogP contribution in [0.3, 0.4) is 0 Å². The van der Waals surface area contributed by atoms with Gasteiger partial charge in [-0.1, -0.05) is 28.4 Å². The summed E-state index contributed by atoms with van der Waals surface area (Å²) >= 11 is 12.7. The minimum atomic E-state index is -0.000780. The number of hydrogen-bond acceptors (Lipinski definition) is 8. The van der Waals surface area contributed by atoms with E-state index in [9.17, 15) is 0 Å². The predicted molar refractivity (Wildman–Crippen MR) is 126 cm³/mol. The second-order valence-corrected chi connectivity index (χ2v) is 9.30. The summed E-state index contributed by atoms with van der Waals surface area (Å²) in [5.41, 5.74) is 2.48. The monoisotopic (exact) mass is 473 g/mol. The van der Waals surface area contributed by atoms with E-state index in [1.807, 2.05) is 18.2 Å². The van der Waals surface area contributed by atoms with Crippen molar-refractivity contribution in [3.63, 3.8) is 0 Å². The number of nitrogens with zero attached hydrogens (tertiary/aromatic N) is 6. The lowest BCUT2D eigenvalue weighted by Crippen LogP contribution is -2.36. The van der Waals surface area contributed by atoms with Gasteiger partial charge in [0.15, 0.2) is 5.82 Å². The highest BCUT2D eigenvalue weighted by atomic mass is 35.5. The van der Waals surface area contributed by atoms with Gasteiger partial charge in [0.1, 0.15) is 5.69 Å². The van der Waals surface area contributed by atoms with Gasteiger partial charge in [-0.2, -0.15) is 4.98 Å². The molecule has 0 amide bonds. The van der Waals surface area contributed by atoms with Crippen LogP contribution < -0.4 is 10.2 Å². The third-order valence-electron chi connectivity index (χ3n) is 6.34. The van der Waals surface area contributed by atoms with Gasteiger partial charge in [0.2, 0.25) is 11.7 Å². The Morgan fingerprint density at radius 1 is 1.12 bits per heavy atom. The summed E-state index contributed by atoms with van der Waals surface area (Å²) in [6.45, 7) is 5.72. The molecule has 1 N–H and O–H groups in total. The van der Waals surface area contributed by atoms with Crippen LogP contribution in [0, 0.1) is 0 Å². The Morgan fingerprint density at radius 2 is 1.94 bits per heavy atom. The van der Waals surface area contributed by atoms with Crippen LogP contribution >= 0.6 is 23.2 Å². The highest BCUT2D eigenvalue weighted by Crippen LogP contribution is 2.38. The van der Waals surface area contributed by atoms with Gasteiger partial charge >= 0.3 is 0 Å². The molecule has 3 aromatic rings. The van der Waals surface area contributed by atoms with Gasteiger partial charge < -0.3 is 19.6 Å². The van der Waals surface area contributed by atoms with Gasteiger partial charge in [-0.3, -0.25) is 0 Å². The van der Waals surface area contributed by atoms with Crippen molar-refractivity contribution in [1.29, 1.82) is 0 Å². The summed E-state index contributed by atoms with van der Waals surface area (Å²) in [6, 6.07) is 7.51. The van der Waals surface area contributed by atoms with Crippen LogP contribution in [-0.4, -0.2) is 58.5 Å². The van der Waals surface area contributed by atoms with Crippen molar-refractivity contribution in [2.45, 2.75) is 31.7 Å². The maximum absolute atomic E-state index is 6.49. The van der Waals surface area contributed by atoms with Crippen LogP contribution in [0.2, 0.25) is 10.0 Å². The quantitative estimate of drug-likeness (QED) is 0.586. The smallest absolute Gasteiger partial charge is 0.230 e. The fourth-order valence-corrected chi connectivity index (χ4v) is 4.87. The molecule has 0 aliphatic carbocycles. The SMILES string of the molecule is C[C@H](c1cc(Cl)ccc1Cl)N1CCNc2nnc(-c3noc(C4CCN(C)CC4)n3)cc21. The zero-order valence-electron chi connectivity index (χ0n) is 18.1. The highest BCUT2D eigenvalue weighted by Gasteiger charge is 2.28. The van der Waals surface area contributed by atoms with E-state index in [1.165, 1.54) is 0 Å². The van der Waals surface area contributed by atoms with Crippen molar-refractivity contribution in [3.05, 3.63) is 45.8 Å². The molecular weight excluding hydrogens is 449 g/mol. The first-order chi connectivity index (χ1) is 15.5. The summed E-state index contributed by atoms with van der Waals surface area (Å²) < 4.78 is 5.60. The molecule has 8 nitrogen and oxygen atoms in total. The first-order valence-electron chi connectivity index (χ1n) is 10.9. The van der Waals surface area contributed by atoms with Crippen LogP contribution in [0.25, 0.3) is 11.5 Å². The maximum atomic E-state index is 6.49. The Balaban J connectivity index is 1.44. The number of anilines is 2. The van der Waals surface area contributed by atoms with E-state index in [0.29, 0.717) is 33.4 Å². The summed E-state index contributed by atoms with van der Waals surface area (Å²) in [5, 5.41) is 17.6. The molecule has 168 valence electrons. The Labute approximate surface area is 196 Å². The summed E-state index contributed by atoms with van der Waals surface area (Å²) in [6.07, 6.45) is 2.03. The number of likely N-dealkylation sites (tertiary alicyclic amines) is 1. The molecule has 32 heavy (non-hydrogen) atoms. The molecular formula is C22H25Cl2N7O. The Morgan fingerprint density at radius 3 is 2.75 bits per heavy atom. The van der Waals surface area contributed by atoms with Gasteiger partial charge in [-0.15, -0.1) is 10.2 Å². The van der Waals surface area contributed by atoms with Crippen LogP contribution in [0.4, 0.5) is 11.5 Å². The van der Waals surface area contributed by atoms with Crippen LogP contribution in [0.15, 0.2) is 28.8 Å². The number of halogens is 2. The Bertz CT molecular complexity index is 1110. The van der Waals surface area contributed by atoms with E-state index in [0.717, 1.165) is 56.1 Å². The minimum absolute atomic E-state index is 0.000780. The number of fused-ring (bicyclic) bond motifs is 1. The van der Waals surface area contributed by atoms with Gasteiger partial charge in [0.25, 0.3) is 0 Å². The van der Waals surface area contributed by atoms with Crippen LogP contribution in [0.5, 0.6) is 0 Å². The third-order valence-corrected chi connectivity index (χ3v) is 6.92. The average Bonchev–Trinajstić information content (AvgIpc) is 3.30. The van der Waals surface area contributed by atoms with Crippen molar-refractivity contribution in [1.82, 2.24) is 25.2 Å². The zero-order valence-corrected chi connectivity index (χ0v) is 19.6. The lowest BCUT2D eigenvalue weighted by Gasteiger charge is -2.36. The average molecular weight is 474 g/mol. The number of aromatic nitrogens is 4. The molecule has 0 saturated carbocycles.